The lowest BCUT2D eigenvalue weighted by Crippen LogP contribution is -2.08. The number of aliphatic imine (C=N–C) groups is 1. The molecule has 0 aliphatic carbocycles. The van der Waals surface area contributed by atoms with Crippen molar-refractivity contribution in [3.63, 3.8) is 0 Å². The molecule has 0 heterocycles. The zero-order chi connectivity index (χ0) is 9.23. The van der Waals surface area contributed by atoms with Crippen LogP contribution in [0.3, 0.4) is 0 Å². The van der Waals surface area contributed by atoms with E-state index in [4.69, 9.17) is 0 Å². The molecule has 0 spiro atoms. The lowest BCUT2D eigenvalue weighted by Gasteiger charge is -2.06. The normalized spacial score (nSPS) is 12.2. The second kappa shape index (κ2) is 9.20. The van der Waals surface area contributed by atoms with Gasteiger partial charge in [-0.2, -0.15) is 0 Å². The smallest absolute Gasteiger partial charge is 0.105 e. The van der Waals surface area contributed by atoms with Gasteiger partial charge in [-0.05, 0) is 38.4 Å². The molecule has 0 aliphatic rings. The van der Waals surface area contributed by atoms with E-state index in [1.807, 2.05) is 6.92 Å². The highest BCUT2D eigenvalue weighted by Gasteiger charge is 2.00. The Kier molecular flexibility index (Phi) is 9.28. The maximum Gasteiger partial charge on any atom is 0.105 e. The SMILES string of the molecule is CC[S+]([O-])CCCCCN=C=S. The fourth-order valence-corrected chi connectivity index (χ4v) is 1.73. The quantitative estimate of drug-likeness (QED) is 0.276. The molecule has 1 atom stereocenters. The van der Waals surface area contributed by atoms with Gasteiger partial charge in [0.2, 0.25) is 0 Å². The molecule has 0 saturated heterocycles. The highest BCUT2D eigenvalue weighted by atomic mass is 32.2. The number of thiocarbonyl (C=S) groups is 1. The van der Waals surface area contributed by atoms with Crippen LogP contribution in [0.5, 0.6) is 0 Å². The molecule has 0 aliphatic heterocycles. The molecule has 70 valence electrons. The van der Waals surface area contributed by atoms with Crippen molar-refractivity contribution in [1.82, 2.24) is 0 Å². The minimum absolute atomic E-state index is 0.601. The Morgan fingerprint density at radius 1 is 1.42 bits per heavy atom. The van der Waals surface area contributed by atoms with E-state index in [2.05, 4.69) is 22.4 Å². The van der Waals surface area contributed by atoms with Crippen LogP contribution in [0.2, 0.25) is 0 Å². The fraction of sp³-hybridized carbons (Fsp3) is 0.875. The van der Waals surface area contributed by atoms with E-state index < -0.39 is 11.2 Å². The Morgan fingerprint density at radius 2 is 2.17 bits per heavy atom. The second-order valence-electron chi connectivity index (χ2n) is 2.47. The number of isothiocyanates is 1. The van der Waals surface area contributed by atoms with E-state index in [9.17, 15) is 4.55 Å². The predicted molar refractivity (Wildman–Crippen MR) is 57.3 cm³/mol. The van der Waals surface area contributed by atoms with E-state index in [1.54, 1.807) is 0 Å². The van der Waals surface area contributed by atoms with Crippen molar-refractivity contribution in [2.45, 2.75) is 26.2 Å². The second-order valence-corrected chi connectivity index (χ2v) is 4.51. The molecule has 4 heteroatoms. The summed E-state index contributed by atoms with van der Waals surface area (Å²) in [7, 11) is 0. The third-order valence-electron chi connectivity index (χ3n) is 1.53. The Balaban J connectivity index is 3.05. The molecule has 0 bridgehead atoms. The predicted octanol–water partition coefficient (Wildman–Crippen LogP) is 2.03. The molecule has 12 heavy (non-hydrogen) atoms. The van der Waals surface area contributed by atoms with Gasteiger partial charge in [0.05, 0.1) is 5.16 Å². The molecule has 0 saturated carbocycles. The number of rotatable bonds is 7. The fourth-order valence-electron chi connectivity index (χ4n) is 0.821. The molecular weight excluding hydrogens is 190 g/mol. The van der Waals surface area contributed by atoms with Gasteiger partial charge in [0.15, 0.2) is 0 Å². The first-order valence-electron chi connectivity index (χ1n) is 4.20. The van der Waals surface area contributed by atoms with E-state index in [0.717, 1.165) is 37.3 Å². The number of hydrogen-bond acceptors (Lipinski definition) is 3. The summed E-state index contributed by atoms with van der Waals surface area (Å²) in [4.78, 5) is 3.80. The average molecular weight is 205 g/mol. The summed E-state index contributed by atoms with van der Waals surface area (Å²) in [5.41, 5.74) is 0. The highest BCUT2D eigenvalue weighted by Crippen LogP contribution is 2.00. The third kappa shape index (κ3) is 8.21. The molecule has 0 rings (SSSR count). The van der Waals surface area contributed by atoms with E-state index in [1.165, 1.54) is 0 Å². The Bertz CT molecular complexity index is 146. The first-order valence-corrected chi connectivity index (χ1v) is 6.09. The summed E-state index contributed by atoms with van der Waals surface area (Å²) in [5, 5.41) is 2.33. The zero-order valence-electron chi connectivity index (χ0n) is 7.41. The van der Waals surface area contributed by atoms with Crippen molar-refractivity contribution in [1.29, 1.82) is 0 Å². The number of nitrogens with zero attached hydrogens (tertiary/aromatic N) is 1. The van der Waals surface area contributed by atoms with E-state index in [-0.39, 0.29) is 0 Å². The van der Waals surface area contributed by atoms with Crippen molar-refractivity contribution in [2.24, 2.45) is 4.99 Å². The maximum absolute atomic E-state index is 11.0. The number of unbranched alkanes of at least 4 members (excludes halogenated alkanes) is 2. The van der Waals surface area contributed by atoms with Gasteiger partial charge in [-0.3, -0.25) is 0 Å². The van der Waals surface area contributed by atoms with Gasteiger partial charge in [0.1, 0.15) is 11.5 Å². The molecule has 0 aromatic rings. The molecule has 0 amide bonds. The molecule has 0 N–H and O–H groups in total. The van der Waals surface area contributed by atoms with Crippen molar-refractivity contribution in [3.05, 3.63) is 0 Å². The molecular formula is C8H15NOS2. The largest absolute Gasteiger partial charge is 0.616 e. The van der Waals surface area contributed by atoms with Crippen LogP contribution in [-0.4, -0.2) is 27.8 Å². The minimum Gasteiger partial charge on any atom is -0.616 e. The molecule has 2 nitrogen and oxygen atoms in total. The van der Waals surface area contributed by atoms with Gasteiger partial charge in [0.25, 0.3) is 0 Å². The van der Waals surface area contributed by atoms with Gasteiger partial charge >= 0.3 is 0 Å². The summed E-state index contributed by atoms with van der Waals surface area (Å²) in [5.74, 6) is 1.61. The molecule has 0 aromatic heterocycles. The average Bonchev–Trinajstić information content (AvgIpc) is 2.10. The summed E-state index contributed by atoms with van der Waals surface area (Å²) in [6, 6.07) is 0. The van der Waals surface area contributed by atoms with Crippen molar-refractivity contribution in [2.75, 3.05) is 18.1 Å². The summed E-state index contributed by atoms with van der Waals surface area (Å²) in [6.45, 7) is 2.72. The van der Waals surface area contributed by atoms with Gasteiger partial charge < -0.3 is 4.55 Å². The zero-order valence-corrected chi connectivity index (χ0v) is 9.05. The van der Waals surface area contributed by atoms with Crippen LogP contribution in [0.15, 0.2) is 4.99 Å². The van der Waals surface area contributed by atoms with Crippen LogP contribution in [0, 0.1) is 0 Å². The molecule has 0 aromatic carbocycles. The summed E-state index contributed by atoms with van der Waals surface area (Å²) < 4.78 is 11.0. The van der Waals surface area contributed by atoms with Gasteiger partial charge in [-0.1, -0.05) is 11.2 Å². The lowest BCUT2D eigenvalue weighted by atomic mass is 10.2. The third-order valence-corrected chi connectivity index (χ3v) is 3.05. The van der Waals surface area contributed by atoms with Crippen LogP contribution in [0.1, 0.15) is 26.2 Å². The van der Waals surface area contributed by atoms with Crippen LogP contribution in [-0.2, 0) is 11.2 Å². The monoisotopic (exact) mass is 205 g/mol. The van der Waals surface area contributed by atoms with Gasteiger partial charge in [-0.25, -0.2) is 4.99 Å². The summed E-state index contributed by atoms with van der Waals surface area (Å²) >= 11 is 3.82. The highest BCUT2D eigenvalue weighted by molar-refractivity contribution is 7.91. The van der Waals surface area contributed by atoms with Crippen LogP contribution >= 0.6 is 12.2 Å². The first kappa shape index (κ1) is 12.1. The van der Waals surface area contributed by atoms with Gasteiger partial charge in [0, 0.05) is 6.54 Å². The molecule has 1 unspecified atom stereocenters. The maximum atomic E-state index is 11.0. The summed E-state index contributed by atoms with van der Waals surface area (Å²) in [6.07, 6.45) is 3.16. The molecule has 0 fully saturated rings. The van der Waals surface area contributed by atoms with Gasteiger partial charge in [-0.15, -0.1) is 0 Å². The van der Waals surface area contributed by atoms with Crippen LogP contribution < -0.4 is 0 Å². The van der Waals surface area contributed by atoms with Crippen LogP contribution in [0.25, 0.3) is 0 Å². The minimum atomic E-state index is -0.601. The lowest BCUT2D eigenvalue weighted by molar-refractivity contribution is 0.590. The van der Waals surface area contributed by atoms with E-state index in [0.29, 0.717) is 0 Å². The van der Waals surface area contributed by atoms with Crippen molar-refractivity contribution < 1.29 is 4.55 Å². The Labute approximate surface area is 82.6 Å². The Morgan fingerprint density at radius 3 is 2.75 bits per heavy atom. The molecule has 0 radical (unpaired) electrons. The number of hydrogen-bond donors (Lipinski definition) is 0. The first-order chi connectivity index (χ1) is 5.81. The Hall–Kier alpha value is 0.110. The van der Waals surface area contributed by atoms with E-state index >= 15 is 0 Å². The topological polar surface area (TPSA) is 35.4 Å². The standard InChI is InChI=1S/C8H15NOS2/c1-2-12(10)7-5-3-4-6-9-8-11/h2-7H2,1H3. The van der Waals surface area contributed by atoms with Crippen molar-refractivity contribution in [3.8, 4) is 0 Å². The van der Waals surface area contributed by atoms with Crippen molar-refractivity contribution >= 4 is 28.6 Å². The van der Waals surface area contributed by atoms with Crippen LogP contribution in [0.4, 0.5) is 0 Å².